The molecule has 0 aromatic heterocycles. The molecule has 2 heterocycles. The Morgan fingerprint density at radius 2 is 1.80 bits per heavy atom. The molecule has 0 radical (unpaired) electrons. The van der Waals surface area contributed by atoms with Gasteiger partial charge in [-0.15, -0.1) is 0 Å². The lowest BCUT2D eigenvalue weighted by Crippen LogP contribution is -2.47. The van der Waals surface area contributed by atoms with E-state index in [-0.39, 0.29) is 5.78 Å². The number of aryl methyl sites for hydroxylation is 1. The molecule has 2 aliphatic heterocycles. The Bertz CT molecular complexity index is 875. The minimum Gasteiger partial charge on any atom is -0.323 e. The van der Waals surface area contributed by atoms with Gasteiger partial charge in [-0.2, -0.15) is 0 Å². The molecular formula is C23H23NO. The van der Waals surface area contributed by atoms with Crippen molar-refractivity contribution in [3.05, 3.63) is 83.1 Å². The van der Waals surface area contributed by atoms with Gasteiger partial charge in [0.05, 0.1) is 0 Å². The largest absolute Gasteiger partial charge is 0.323 e. The summed E-state index contributed by atoms with van der Waals surface area (Å²) in [6, 6.07) is 16.7. The van der Waals surface area contributed by atoms with Crippen LogP contribution in [0.1, 0.15) is 42.9 Å². The Balaban J connectivity index is 1.90. The summed E-state index contributed by atoms with van der Waals surface area (Å²) >= 11 is 0. The summed E-state index contributed by atoms with van der Waals surface area (Å²) < 4.78 is 0. The highest BCUT2D eigenvalue weighted by Gasteiger charge is 2.50. The molecule has 1 atom stereocenters. The second kappa shape index (κ2) is 6.03. The van der Waals surface area contributed by atoms with Crippen molar-refractivity contribution >= 4 is 17.5 Å². The third-order valence-corrected chi connectivity index (χ3v) is 5.27. The summed E-state index contributed by atoms with van der Waals surface area (Å²) in [6.07, 6.45) is 9.18. The van der Waals surface area contributed by atoms with Crippen LogP contribution in [0.2, 0.25) is 0 Å². The Kier molecular flexibility index (Phi) is 3.84. The van der Waals surface area contributed by atoms with E-state index in [1.807, 2.05) is 6.08 Å². The van der Waals surface area contributed by atoms with E-state index in [9.17, 15) is 4.79 Å². The van der Waals surface area contributed by atoms with Gasteiger partial charge in [-0.3, -0.25) is 4.79 Å². The molecule has 0 bridgehead atoms. The van der Waals surface area contributed by atoms with Crippen molar-refractivity contribution in [2.24, 2.45) is 0 Å². The van der Waals surface area contributed by atoms with Crippen molar-refractivity contribution in [3.8, 4) is 0 Å². The van der Waals surface area contributed by atoms with E-state index in [4.69, 9.17) is 0 Å². The van der Waals surface area contributed by atoms with E-state index in [1.165, 1.54) is 11.1 Å². The predicted octanol–water partition coefficient (Wildman–Crippen LogP) is 5.38. The van der Waals surface area contributed by atoms with Crippen LogP contribution in [0.5, 0.6) is 0 Å². The lowest BCUT2D eigenvalue weighted by atomic mass is 9.82. The maximum atomic E-state index is 13.2. The Hall–Kier alpha value is -2.61. The van der Waals surface area contributed by atoms with Crippen LogP contribution in [0.25, 0.3) is 6.08 Å². The lowest BCUT2D eigenvalue weighted by molar-refractivity contribution is -0.117. The average molecular weight is 329 g/mol. The molecule has 0 amide bonds. The van der Waals surface area contributed by atoms with Crippen LogP contribution in [-0.2, 0) is 10.3 Å². The quantitative estimate of drug-likeness (QED) is 0.750. The van der Waals surface area contributed by atoms with Crippen molar-refractivity contribution in [1.82, 2.24) is 0 Å². The van der Waals surface area contributed by atoms with Crippen molar-refractivity contribution in [3.63, 3.8) is 0 Å². The summed E-state index contributed by atoms with van der Waals surface area (Å²) in [5, 5.41) is 0. The van der Waals surface area contributed by atoms with Crippen LogP contribution in [0.4, 0.5) is 5.69 Å². The van der Waals surface area contributed by atoms with Gasteiger partial charge >= 0.3 is 0 Å². The first-order valence-electron chi connectivity index (χ1n) is 9.07. The van der Waals surface area contributed by atoms with Gasteiger partial charge < -0.3 is 4.90 Å². The smallest absolute Gasteiger partial charge is 0.191 e. The number of ketones is 1. The van der Waals surface area contributed by atoms with Crippen LogP contribution in [0.3, 0.4) is 0 Å². The number of anilines is 1. The van der Waals surface area contributed by atoms with Gasteiger partial charge in [0.25, 0.3) is 0 Å². The first kappa shape index (κ1) is 15.9. The number of unbranched alkanes of at least 4 members (excludes halogenated alkanes) is 1. The number of nitrogens with zero attached hydrogens (tertiary/aromatic N) is 1. The molecule has 1 unspecified atom stereocenters. The van der Waals surface area contributed by atoms with Crippen LogP contribution in [0, 0.1) is 6.92 Å². The molecule has 2 nitrogen and oxygen atoms in total. The Morgan fingerprint density at radius 1 is 1.04 bits per heavy atom. The van der Waals surface area contributed by atoms with E-state index in [2.05, 4.69) is 79.4 Å². The fraction of sp³-hybridized carbons (Fsp3) is 0.261. The average Bonchev–Trinajstić information content (AvgIpc) is 2.94. The predicted molar refractivity (Wildman–Crippen MR) is 103 cm³/mol. The first-order valence-corrected chi connectivity index (χ1v) is 9.07. The lowest BCUT2D eigenvalue weighted by Gasteiger charge is -2.42. The summed E-state index contributed by atoms with van der Waals surface area (Å²) in [5.41, 5.74) is 4.93. The zero-order valence-electron chi connectivity index (χ0n) is 14.8. The summed E-state index contributed by atoms with van der Waals surface area (Å²) in [6.45, 7) is 4.27. The standard InChI is InChI=1S/C23H23NO/c1-3-4-8-20-16-22(25)23(19-12-10-17(2)11-13-19)15-14-18-7-5-6-9-21(18)24(20)23/h5-7,9-16H,3-4,8H2,1-2H3. The van der Waals surface area contributed by atoms with Gasteiger partial charge in [-0.05, 0) is 43.0 Å². The monoisotopic (exact) mass is 329 g/mol. The summed E-state index contributed by atoms with van der Waals surface area (Å²) in [5.74, 6) is 0.160. The molecule has 0 N–H and O–H groups in total. The third kappa shape index (κ3) is 2.36. The number of fused-ring (bicyclic) bond motifs is 3. The Morgan fingerprint density at radius 3 is 2.56 bits per heavy atom. The van der Waals surface area contributed by atoms with E-state index >= 15 is 0 Å². The first-order chi connectivity index (χ1) is 12.2. The molecule has 0 fully saturated rings. The van der Waals surface area contributed by atoms with Gasteiger partial charge in [0, 0.05) is 17.5 Å². The number of carbonyl (C=O) groups excluding carboxylic acids is 1. The second-order valence-electron chi connectivity index (χ2n) is 6.96. The molecule has 4 rings (SSSR count). The summed E-state index contributed by atoms with van der Waals surface area (Å²) in [4.78, 5) is 15.5. The molecule has 126 valence electrons. The van der Waals surface area contributed by atoms with Crippen LogP contribution in [0.15, 0.2) is 66.4 Å². The number of rotatable bonds is 4. The van der Waals surface area contributed by atoms with Crippen molar-refractivity contribution in [2.75, 3.05) is 4.90 Å². The van der Waals surface area contributed by atoms with E-state index in [0.717, 1.165) is 36.2 Å². The fourth-order valence-electron chi connectivity index (χ4n) is 3.92. The van der Waals surface area contributed by atoms with Crippen LogP contribution < -0.4 is 4.90 Å². The Labute approximate surface area is 149 Å². The third-order valence-electron chi connectivity index (χ3n) is 5.27. The summed E-state index contributed by atoms with van der Waals surface area (Å²) in [7, 11) is 0. The highest BCUT2D eigenvalue weighted by molar-refractivity contribution is 6.10. The zero-order valence-corrected chi connectivity index (χ0v) is 14.8. The molecule has 2 aromatic carbocycles. The van der Waals surface area contributed by atoms with E-state index < -0.39 is 5.54 Å². The number of carbonyl (C=O) groups is 1. The van der Waals surface area contributed by atoms with Crippen molar-refractivity contribution in [1.29, 1.82) is 0 Å². The molecule has 0 saturated heterocycles. The minimum atomic E-state index is -0.731. The molecular weight excluding hydrogens is 306 g/mol. The zero-order chi connectivity index (χ0) is 17.4. The molecule has 2 aliphatic rings. The molecule has 0 aliphatic carbocycles. The molecule has 0 spiro atoms. The van der Waals surface area contributed by atoms with Gasteiger partial charge in [0.2, 0.25) is 0 Å². The van der Waals surface area contributed by atoms with E-state index in [1.54, 1.807) is 0 Å². The number of hydrogen-bond donors (Lipinski definition) is 0. The maximum Gasteiger partial charge on any atom is 0.191 e. The van der Waals surface area contributed by atoms with Gasteiger partial charge in [0.1, 0.15) is 0 Å². The number of benzene rings is 2. The van der Waals surface area contributed by atoms with Gasteiger partial charge in [-0.25, -0.2) is 0 Å². The molecule has 2 aromatic rings. The number of hydrogen-bond acceptors (Lipinski definition) is 2. The second-order valence-corrected chi connectivity index (χ2v) is 6.96. The van der Waals surface area contributed by atoms with Crippen molar-refractivity contribution in [2.45, 2.75) is 38.6 Å². The molecule has 0 saturated carbocycles. The van der Waals surface area contributed by atoms with Crippen LogP contribution in [-0.4, -0.2) is 5.78 Å². The van der Waals surface area contributed by atoms with E-state index in [0.29, 0.717) is 0 Å². The molecule has 2 heteroatoms. The van der Waals surface area contributed by atoms with Gasteiger partial charge in [0.15, 0.2) is 11.3 Å². The normalized spacial score (nSPS) is 21.1. The van der Waals surface area contributed by atoms with Crippen LogP contribution >= 0.6 is 0 Å². The topological polar surface area (TPSA) is 20.3 Å². The number of allylic oxidation sites excluding steroid dienone is 1. The molecule has 25 heavy (non-hydrogen) atoms. The minimum absolute atomic E-state index is 0.160. The number of para-hydroxylation sites is 1. The highest BCUT2D eigenvalue weighted by atomic mass is 16.1. The fourth-order valence-corrected chi connectivity index (χ4v) is 3.92. The highest BCUT2D eigenvalue weighted by Crippen LogP contribution is 2.48. The van der Waals surface area contributed by atoms with Crippen molar-refractivity contribution < 1.29 is 4.79 Å². The SMILES string of the molecule is CCCCC1=CC(=O)C2(c3ccc(C)cc3)C=Cc3ccccc3N12. The van der Waals surface area contributed by atoms with Gasteiger partial charge in [-0.1, -0.05) is 67.4 Å². The maximum absolute atomic E-state index is 13.2.